The van der Waals surface area contributed by atoms with Crippen molar-refractivity contribution in [1.82, 2.24) is 4.57 Å². The minimum absolute atomic E-state index is 0.876. The first-order chi connectivity index (χ1) is 25.3. The van der Waals surface area contributed by atoms with E-state index in [2.05, 4.69) is 179 Å². The lowest BCUT2D eigenvalue weighted by Gasteiger charge is -2.26. The Morgan fingerprint density at radius 2 is 1.08 bits per heavy atom. The van der Waals surface area contributed by atoms with Crippen LogP contribution in [0, 0.1) is 0 Å². The lowest BCUT2D eigenvalue weighted by Crippen LogP contribution is -2.10. The second-order valence-corrected chi connectivity index (χ2v) is 13.2. The maximum atomic E-state index is 6.55. The van der Waals surface area contributed by atoms with E-state index < -0.39 is 0 Å². The zero-order valence-electron chi connectivity index (χ0n) is 28.0. The Bertz CT molecular complexity index is 2710. The third-order valence-electron chi connectivity index (χ3n) is 10.3. The summed E-state index contributed by atoms with van der Waals surface area (Å²) in [6.07, 6.45) is 6.72. The number of hydrogen-bond acceptors (Lipinski definition) is 2. The van der Waals surface area contributed by atoms with Crippen LogP contribution in [-0.2, 0) is 6.42 Å². The first-order valence-electron chi connectivity index (χ1n) is 17.7. The van der Waals surface area contributed by atoms with Crippen LogP contribution >= 0.6 is 0 Å². The van der Waals surface area contributed by atoms with Crippen molar-refractivity contribution in [1.29, 1.82) is 0 Å². The predicted molar refractivity (Wildman–Crippen MR) is 213 cm³/mol. The summed E-state index contributed by atoms with van der Waals surface area (Å²) in [4.78, 5) is 2.31. The van der Waals surface area contributed by atoms with Gasteiger partial charge in [-0.05, 0) is 89.7 Å². The summed E-state index contributed by atoms with van der Waals surface area (Å²) in [6.45, 7) is 0. The monoisotopic (exact) mass is 654 g/mol. The van der Waals surface area contributed by atoms with Gasteiger partial charge in [-0.1, -0.05) is 127 Å². The van der Waals surface area contributed by atoms with Crippen LogP contribution in [0.25, 0.3) is 66.9 Å². The van der Waals surface area contributed by atoms with Crippen molar-refractivity contribution in [2.75, 3.05) is 4.90 Å². The second kappa shape index (κ2) is 12.1. The molecule has 0 amide bonds. The van der Waals surface area contributed by atoms with Gasteiger partial charge in [0.15, 0.2) is 5.58 Å². The van der Waals surface area contributed by atoms with Crippen LogP contribution in [0.2, 0.25) is 0 Å². The molecule has 0 fully saturated rings. The smallest absolute Gasteiger partial charge is 0.159 e. The molecule has 242 valence electrons. The highest BCUT2D eigenvalue weighted by molar-refractivity contribution is 6.10. The molecule has 0 N–H and O–H groups in total. The van der Waals surface area contributed by atoms with Crippen LogP contribution in [0.15, 0.2) is 180 Å². The summed E-state index contributed by atoms with van der Waals surface area (Å²) in [5, 5.41) is 3.55. The summed E-state index contributed by atoms with van der Waals surface area (Å²) >= 11 is 0. The van der Waals surface area contributed by atoms with Gasteiger partial charge >= 0.3 is 0 Å². The zero-order chi connectivity index (χ0) is 33.7. The molecule has 0 saturated heterocycles. The summed E-state index contributed by atoms with van der Waals surface area (Å²) in [5.74, 6) is 0. The number of para-hydroxylation sites is 3. The van der Waals surface area contributed by atoms with Crippen LogP contribution < -0.4 is 4.90 Å². The SMILES string of the molecule is C1=Cc2c(n(-c3ccc(-c4ccc(N(c5ccc(-c6ccccc6)cc5)c5cccc6c5oc5ccccc56)cc4)cc3)c3ccccc23)CC1. The van der Waals surface area contributed by atoms with E-state index in [1.807, 2.05) is 12.1 Å². The average Bonchev–Trinajstić information content (AvgIpc) is 3.76. The highest BCUT2D eigenvalue weighted by Gasteiger charge is 2.20. The number of furan rings is 1. The third kappa shape index (κ3) is 4.97. The molecule has 0 spiro atoms. The van der Waals surface area contributed by atoms with E-state index in [0.29, 0.717) is 0 Å². The fourth-order valence-electron chi connectivity index (χ4n) is 7.84. The summed E-state index contributed by atoms with van der Waals surface area (Å²) in [5.41, 5.74) is 14.9. The van der Waals surface area contributed by atoms with Gasteiger partial charge in [-0.15, -0.1) is 0 Å². The number of allylic oxidation sites excluding steroid dienone is 1. The molecule has 1 aliphatic rings. The molecule has 1 aliphatic carbocycles. The van der Waals surface area contributed by atoms with Crippen molar-refractivity contribution < 1.29 is 4.42 Å². The van der Waals surface area contributed by atoms with Crippen molar-refractivity contribution in [3.8, 4) is 27.9 Å². The summed E-state index contributed by atoms with van der Waals surface area (Å²) in [7, 11) is 0. The molecule has 3 heteroatoms. The first-order valence-corrected chi connectivity index (χ1v) is 17.7. The molecular formula is C48H34N2O. The molecule has 0 saturated carbocycles. The quantitative estimate of drug-likeness (QED) is 0.178. The third-order valence-corrected chi connectivity index (χ3v) is 10.3. The Morgan fingerprint density at radius 3 is 1.80 bits per heavy atom. The van der Waals surface area contributed by atoms with Crippen LogP contribution in [-0.4, -0.2) is 4.57 Å². The van der Waals surface area contributed by atoms with E-state index in [0.717, 1.165) is 51.8 Å². The molecule has 3 nitrogen and oxygen atoms in total. The van der Waals surface area contributed by atoms with E-state index in [1.54, 1.807) is 0 Å². The molecule has 9 aromatic rings. The second-order valence-electron chi connectivity index (χ2n) is 13.2. The maximum Gasteiger partial charge on any atom is 0.159 e. The number of aromatic nitrogens is 1. The minimum Gasteiger partial charge on any atom is -0.454 e. The molecule has 0 bridgehead atoms. The van der Waals surface area contributed by atoms with Crippen molar-refractivity contribution in [2.45, 2.75) is 12.8 Å². The molecule has 2 heterocycles. The Labute approximate surface area is 296 Å². The number of benzene rings is 7. The summed E-state index contributed by atoms with van der Waals surface area (Å²) < 4.78 is 8.99. The first kappa shape index (κ1) is 29.3. The number of anilines is 3. The topological polar surface area (TPSA) is 21.3 Å². The summed E-state index contributed by atoms with van der Waals surface area (Å²) in [6, 6.07) is 60.7. The normalized spacial score (nSPS) is 12.5. The highest BCUT2D eigenvalue weighted by Crippen LogP contribution is 2.43. The van der Waals surface area contributed by atoms with Gasteiger partial charge in [-0.2, -0.15) is 0 Å². The van der Waals surface area contributed by atoms with Gasteiger partial charge in [0.05, 0.1) is 11.2 Å². The van der Waals surface area contributed by atoms with Crippen molar-refractivity contribution in [2.24, 2.45) is 0 Å². The molecule has 2 aromatic heterocycles. The van der Waals surface area contributed by atoms with Crippen LogP contribution in [0.3, 0.4) is 0 Å². The number of hydrogen-bond donors (Lipinski definition) is 0. The van der Waals surface area contributed by atoms with Crippen LogP contribution in [0.1, 0.15) is 17.7 Å². The standard InChI is InChI=1S/C48H34N2O/c1-2-11-33(12-3-1)34-21-27-37(28-22-34)49(46-19-10-16-43-42-15-6-9-20-47(42)51-48(43)46)38-29-23-35(24-30-38)36-25-31-39(32-26-36)50-44-17-7-4-13-40(44)41-14-5-8-18-45(41)50/h1-7,9-17,19-32H,8,18H2. The van der Waals surface area contributed by atoms with E-state index in [4.69, 9.17) is 4.42 Å². The molecule has 0 radical (unpaired) electrons. The largest absolute Gasteiger partial charge is 0.454 e. The number of nitrogens with zero attached hydrogens (tertiary/aromatic N) is 2. The molecule has 0 aliphatic heterocycles. The van der Waals surface area contributed by atoms with Gasteiger partial charge in [-0.25, -0.2) is 0 Å². The van der Waals surface area contributed by atoms with E-state index in [9.17, 15) is 0 Å². The fraction of sp³-hybridized carbons (Fsp3) is 0.0417. The lowest BCUT2D eigenvalue weighted by atomic mass is 10.0. The van der Waals surface area contributed by atoms with E-state index >= 15 is 0 Å². The minimum atomic E-state index is 0.876. The highest BCUT2D eigenvalue weighted by atomic mass is 16.3. The van der Waals surface area contributed by atoms with Gasteiger partial charge < -0.3 is 13.9 Å². The van der Waals surface area contributed by atoms with Gasteiger partial charge in [0, 0.05) is 44.5 Å². The van der Waals surface area contributed by atoms with Gasteiger partial charge in [0.2, 0.25) is 0 Å². The van der Waals surface area contributed by atoms with Gasteiger partial charge in [-0.3, -0.25) is 0 Å². The van der Waals surface area contributed by atoms with Crippen molar-refractivity contribution in [3.63, 3.8) is 0 Å². The predicted octanol–water partition coefficient (Wildman–Crippen LogP) is 13.3. The Kier molecular flexibility index (Phi) is 6.95. The van der Waals surface area contributed by atoms with Crippen molar-refractivity contribution >= 4 is 56.0 Å². The van der Waals surface area contributed by atoms with E-state index in [-0.39, 0.29) is 0 Å². The van der Waals surface area contributed by atoms with Gasteiger partial charge in [0.25, 0.3) is 0 Å². The zero-order valence-corrected chi connectivity index (χ0v) is 28.0. The number of rotatable bonds is 6. The Hall–Kier alpha value is -6.58. The number of fused-ring (bicyclic) bond motifs is 6. The maximum absolute atomic E-state index is 6.55. The Balaban J connectivity index is 1.04. The van der Waals surface area contributed by atoms with Crippen LogP contribution in [0.5, 0.6) is 0 Å². The average molecular weight is 655 g/mol. The molecule has 0 atom stereocenters. The lowest BCUT2D eigenvalue weighted by molar-refractivity contribution is 0.669. The Morgan fingerprint density at radius 1 is 0.490 bits per heavy atom. The van der Waals surface area contributed by atoms with Crippen LogP contribution in [0.4, 0.5) is 17.1 Å². The molecule has 0 unspecified atom stereocenters. The molecule has 10 rings (SSSR count). The van der Waals surface area contributed by atoms with E-state index in [1.165, 1.54) is 50.1 Å². The molecular weight excluding hydrogens is 621 g/mol. The fourth-order valence-corrected chi connectivity index (χ4v) is 7.84. The van der Waals surface area contributed by atoms with Gasteiger partial charge in [0.1, 0.15) is 5.58 Å². The molecule has 7 aromatic carbocycles. The molecule has 51 heavy (non-hydrogen) atoms. The van der Waals surface area contributed by atoms with Crippen molar-refractivity contribution in [3.05, 3.63) is 187 Å².